The number of nitrogen functional groups attached to an aromatic ring is 1. The highest BCUT2D eigenvalue weighted by atomic mass is 35.5. The van der Waals surface area contributed by atoms with Crippen molar-refractivity contribution in [3.63, 3.8) is 0 Å². The molecule has 0 radical (unpaired) electrons. The van der Waals surface area contributed by atoms with Crippen LogP contribution in [-0.4, -0.2) is 26.6 Å². The minimum Gasteiger partial charge on any atom is -0.444 e. The molecule has 0 aliphatic heterocycles. The predicted octanol–water partition coefficient (Wildman–Crippen LogP) is 1.45. The van der Waals surface area contributed by atoms with Crippen LogP contribution in [0.4, 0.5) is 16.7 Å². The number of ether oxygens (including phenoxy) is 1. The van der Waals surface area contributed by atoms with Crippen LogP contribution in [0.25, 0.3) is 0 Å². The van der Waals surface area contributed by atoms with Gasteiger partial charge in [0.05, 0.1) is 0 Å². The van der Waals surface area contributed by atoms with E-state index in [0.717, 1.165) is 0 Å². The number of rotatable bonds is 1. The van der Waals surface area contributed by atoms with E-state index in [1.165, 1.54) is 0 Å². The Morgan fingerprint density at radius 3 is 2.50 bits per heavy atom. The number of amides is 1. The Bertz CT molecular complexity index is 384. The van der Waals surface area contributed by atoms with Gasteiger partial charge in [0.15, 0.2) is 0 Å². The normalized spacial score (nSPS) is 11.0. The third-order valence-electron chi connectivity index (χ3n) is 1.24. The number of nitrogens with one attached hydrogen (secondary N) is 1. The molecule has 0 saturated heterocycles. The van der Waals surface area contributed by atoms with Crippen molar-refractivity contribution in [2.75, 3.05) is 11.1 Å². The van der Waals surface area contributed by atoms with Crippen molar-refractivity contribution in [1.29, 1.82) is 0 Å². The van der Waals surface area contributed by atoms with E-state index in [2.05, 4.69) is 20.3 Å². The zero-order valence-electron chi connectivity index (χ0n) is 9.11. The van der Waals surface area contributed by atoms with Gasteiger partial charge in [-0.2, -0.15) is 15.0 Å². The van der Waals surface area contributed by atoms with Gasteiger partial charge >= 0.3 is 6.09 Å². The van der Waals surface area contributed by atoms with E-state index in [1.54, 1.807) is 20.8 Å². The van der Waals surface area contributed by atoms with Crippen LogP contribution in [0, 0.1) is 0 Å². The molecule has 0 unspecified atom stereocenters. The number of hydrogen-bond acceptors (Lipinski definition) is 6. The van der Waals surface area contributed by atoms with Crippen LogP contribution in [-0.2, 0) is 4.74 Å². The van der Waals surface area contributed by atoms with Crippen molar-refractivity contribution in [2.24, 2.45) is 0 Å². The van der Waals surface area contributed by atoms with Gasteiger partial charge in [-0.3, -0.25) is 5.32 Å². The van der Waals surface area contributed by atoms with E-state index < -0.39 is 11.7 Å². The van der Waals surface area contributed by atoms with Crippen LogP contribution >= 0.6 is 11.6 Å². The van der Waals surface area contributed by atoms with E-state index in [9.17, 15) is 4.79 Å². The van der Waals surface area contributed by atoms with Crippen LogP contribution in [0.2, 0.25) is 5.28 Å². The van der Waals surface area contributed by atoms with Crippen LogP contribution in [0.5, 0.6) is 0 Å². The first-order chi connectivity index (χ1) is 7.26. The zero-order chi connectivity index (χ0) is 12.3. The molecule has 1 aromatic rings. The highest BCUT2D eigenvalue weighted by molar-refractivity contribution is 6.28. The monoisotopic (exact) mass is 245 g/mol. The standard InChI is InChI=1S/C8H12ClN5O2/c1-8(2,3)16-7(15)14-6-12-4(9)11-5(10)13-6/h1-3H3,(H3,10,11,12,13,14,15). The smallest absolute Gasteiger partial charge is 0.414 e. The molecule has 16 heavy (non-hydrogen) atoms. The van der Waals surface area contributed by atoms with E-state index in [-0.39, 0.29) is 17.2 Å². The van der Waals surface area contributed by atoms with Crippen LogP contribution < -0.4 is 11.1 Å². The second-order valence-electron chi connectivity index (χ2n) is 3.91. The maximum Gasteiger partial charge on any atom is 0.414 e. The zero-order valence-corrected chi connectivity index (χ0v) is 9.87. The molecule has 0 atom stereocenters. The van der Waals surface area contributed by atoms with E-state index in [4.69, 9.17) is 22.1 Å². The lowest BCUT2D eigenvalue weighted by Gasteiger charge is -2.19. The molecule has 3 N–H and O–H groups in total. The van der Waals surface area contributed by atoms with E-state index >= 15 is 0 Å². The summed E-state index contributed by atoms with van der Waals surface area (Å²) in [6, 6.07) is 0. The molecule has 0 aliphatic rings. The lowest BCUT2D eigenvalue weighted by atomic mass is 10.2. The molecule has 1 rings (SSSR count). The summed E-state index contributed by atoms with van der Waals surface area (Å²) in [5.41, 5.74) is 4.72. The minimum absolute atomic E-state index is 0.0493. The third-order valence-corrected chi connectivity index (χ3v) is 1.41. The third kappa shape index (κ3) is 4.26. The molecule has 0 bridgehead atoms. The molecular weight excluding hydrogens is 234 g/mol. The first kappa shape index (κ1) is 12.4. The average molecular weight is 246 g/mol. The number of aromatic nitrogens is 3. The molecule has 0 fully saturated rings. The quantitative estimate of drug-likeness (QED) is 0.776. The van der Waals surface area contributed by atoms with Crippen molar-refractivity contribution in [1.82, 2.24) is 15.0 Å². The van der Waals surface area contributed by atoms with Crippen molar-refractivity contribution in [3.05, 3.63) is 5.28 Å². The number of hydrogen-bond donors (Lipinski definition) is 2. The van der Waals surface area contributed by atoms with Crippen LogP contribution in [0.1, 0.15) is 20.8 Å². The Balaban J connectivity index is 2.70. The van der Waals surface area contributed by atoms with Gasteiger partial charge in [0.2, 0.25) is 17.2 Å². The summed E-state index contributed by atoms with van der Waals surface area (Å²) >= 11 is 5.53. The number of carbonyl (C=O) groups excluding carboxylic acids is 1. The van der Waals surface area contributed by atoms with Crippen LogP contribution in [0.3, 0.4) is 0 Å². The van der Waals surface area contributed by atoms with Gasteiger partial charge in [-0.25, -0.2) is 4.79 Å². The molecule has 0 saturated carbocycles. The molecule has 0 aromatic carbocycles. The van der Waals surface area contributed by atoms with Crippen LogP contribution in [0.15, 0.2) is 0 Å². The number of nitrogens with two attached hydrogens (primary N) is 1. The van der Waals surface area contributed by atoms with Gasteiger partial charge in [-0.05, 0) is 32.4 Å². The summed E-state index contributed by atoms with van der Waals surface area (Å²) in [6.07, 6.45) is -0.686. The molecule has 1 amide bonds. The average Bonchev–Trinajstić information content (AvgIpc) is 1.96. The Hall–Kier alpha value is -1.63. The van der Waals surface area contributed by atoms with Crippen molar-refractivity contribution < 1.29 is 9.53 Å². The second-order valence-corrected chi connectivity index (χ2v) is 4.25. The number of halogens is 1. The number of anilines is 2. The Morgan fingerprint density at radius 1 is 1.38 bits per heavy atom. The molecule has 1 aromatic heterocycles. The lowest BCUT2D eigenvalue weighted by molar-refractivity contribution is 0.0634. The van der Waals surface area contributed by atoms with E-state index in [1.807, 2.05) is 0 Å². The molecule has 1 heterocycles. The highest BCUT2D eigenvalue weighted by Gasteiger charge is 2.17. The number of carbonyl (C=O) groups is 1. The Kier molecular flexibility index (Phi) is 3.48. The Labute approximate surface area is 97.4 Å². The topological polar surface area (TPSA) is 103 Å². The highest BCUT2D eigenvalue weighted by Crippen LogP contribution is 2.10. The molecule has 7 nitrogen and oxygen atoms in total. The summed E-state index contributed by atoms with van der Waals surface area (Å²) in [5, 5.41) is 2.19. The first-order valence-electron chi connectivity index (χ1n) is 4.43. The summed E-state index contributed by atoms with van der Waals surface area (Å²) in [6.45, 7) is 5.21. The summed E-state index contributed by atoms with van der Waals surface area (Å²) < 4.78 is 4.99. The van der Waals surface area contributed by atoms with Gasteiger partial charge in [0.25, 0.3) is 0 Å². The molecule has 88 valence electrons. The molecular formula is C8H12ClN5O2. The van der Waals surface area contributed by atoms with Crippen molar-refractivity contribution >= 4 is 29.6 Å². The fourth-order valence-electron chi connectivity index (χ4n) is 0.816. The fourth-order valence-corrected chi connectivity index (χ4v) is 0.983. The largest absolute Gasteiger partial charge is 0.444 e. The van der Waals surface area contributed by atoms with Gasteiger partial charge in [-0.1, -0.05) is 0 Å². The maximum atomic E-state index is 11.3. The SMILES string of the molecule is CC(C)(C)OC(=O)Nc1nc(N)nc(Cl)n1. The summed E-state index contributed by atoms with van der Waals surface area (Å²) in [5.74, 6) is -0.127. The number of nitrogens with zero attached hydrogens (tertiary/aromatic N) is 3. The Morgan fingerprint density at radius 2 is 2.00 bits per heavy atom. The predicted molar refractivity (Wildman–Crippen MR) is 59.1 cm³/mol. The second kappa shape index (κ2) is 4.48. The summed E-state index contributed by atoms with van der Waals surface area (Å²) in [7, 11) is 0. The van der Waals surface area contributed by atoms with Gasteiger partial charge in [-0.15, -0.1) is 0 Å². The van der Waals surface area contributed by atoms with Crippen molar-refractivity contribution in [2.45, 2.75) is 26.4 Å². The van der Waals surface area contributed by atoms with Gasteiger partial charge < -0.3 is 10.5 Å². The van der Waals surface area contributed by atoms with Crippen molar-refractivity contribution in [3.8, 4) is 0 Å². The first-order valence-corrected chi connectivity index (χ1v) is 4.81. The lowest BCUT2D eigenvalue weighted by Crippen LogP contribution is -2.28. The fraction of sp³-hybridized carbons (Fsp3) is 0.500. The molecule has 0 aliphatic carbocycles. The maximum absolute atomic E-state index is 11.3. The van der Waals surface area contributed by atoms with Gasteiger partial charge in [0, 0.05) is 0 Å². The molecule has 8 heteroatoms. The minimum atomic E-state index is -0.686. The van der Waals surface area contributed by atoms with Gasteiger partial charge in [0.1, 0.15) is 5.60 Å². The summed E-state index contributed by atoms with van der Waals surface area (Å²) in [4.78, 5) is 22.2. The van der Waals surface area contributed by atoms with E-state index in [0.29, 0.717) is 0 Å². The molecule has 0 spiro atoms.